The summed E-state index contributed by atoms with van der Waals surface area (Å²) < 4.78 is 7.92. The highest BCUT2D eigenvalue weighted by Crippen LogP contribution is 2.20. The van der Waals surface area contributed by atoms with Crippen LogP contribution in [0.5, 0.6) is 0 Å². The number of hydrogen-bond acceptors (Lipinski definition) is 4. The van der Waals surface area contributed by atoms with Gasteiger partial charge in [-0.1, -0.05) is 19.8 Å². The number of rotatable bonds is 9. The van der Waals surface area contributed by atoms with Gasteiger partial charge in [0.2, 0.25) is 0 Å². The van der Waals surface area contributed by atoms with Crippen LogP contribution in [0.15, 0.2) is 11.3 Å². The van der Waals surface area contributed by atoms with Crippen molar-refractivity contribution in [3.8, 4) is 0 Å². The first-order valence-electron chi connectivity index (χ1n) is 8.76. The zero-order valence-corrected chi connectivity index (χ0v) is 14.4. The van der Waals surface area contributed by atoms with Crippen LogP contribution in [0.1, 0.15) is 44.9 Å². The summed E-state index contributed by atoms with van der Waals surface area (Å²) in [6.07, 6.45) is 9.30. The number of aliphatic imine (C=N–C) groups is 1. The largest absolute Gasteiger partial charge is 0.378 e. The van der Waals surface area contributed by atoms with Gasteiger partial charge >= 0.3 is 0 Å². The van der Waals surface area contributed by atoms with E-state index in [0.717, 1.165) is 50.9 Å². The van der Waals surface area contributed by atoms with Crippen molar-refractivity contribution in [3.05, 3.63) is 12.2 Å². The fourth-order valence-corrected chi connectivity index (χ4v) is 2.84. The smallest absolute Gasteiger partial charge is 0.191 e. The van der Waals surface area contributed by atoms with Gasteiger partial charge in [-0.05, 0) is 19.3 Å². The third-order valence-electron chi connectivity index (χ3n) is 4.15. The first kappa shape index (κ1) is 17.7. The molecule has 1 saturated carbocycles. The molecule has 1 aromatic heterocycles. The minimum Gasteiger partial charge on any atom is -0.378 e. The van der Waals surface area contributed by atoms with Crippen LogP contribution in [0, 0.1) is 0 Å². The lowest BCUT2D eigenvalue weighted by molar-refractivity contribution is 0.0574. The number of aryl methyl sites for hydroxylation is 1. The van der Waals surface area contributed by atoms with E-state index in [1.807, 2.05) is 0 Å². The molecule has 0 spiro atoms. The standard InChI is InChI=1S/C16H30N6O/c1-3-15-21-20-13-22(15)11-10-19-16(17-2)18-9-6-12-23-14-7-4-5-8-14/h13-14H,3-12H2,1-2H3,(H2,17,18,19). The number of guanidine groups is 1. The summed E-state index contributed by atoms with van der Waals surface area (Å²) in [5, 5.41) is 14.7. The second-order valence-electron chi connectivity index (χ2n) is 5.85. The average molecular weight is 322 g/mol. The normalized spacial score (nSPS) is 16.0. The van der Waals surface area contributed by atoms with Crippen molar-refractivity contribution in [2.75, 3.05) is 26.7 Å². The highest BCUT2D eigenvalue weighted by atomic mass is 16.5. The highest BCUT2D eigenvalue weighted by Gasteiger charge is 2.14. The van der Waals surface area contributed by atoms with Crippen molar-refractivity contribution in [3.63, 3.8) is 0 Å². The zero-order valence-electron chi connectivity index (χ0n) is 14.4. The van der Waals surface area contributed by atoms with E-state index in [-0.39, 0.29) is 0 Å². The van der Waals surface area contributed by atoms with Gasteiger partial charge < -0.3 is 19.9 Å². The van der Waals surface area contributed by atoms with E-state index in [1.165, 1.54) is 25.7 Å². The van der Waals surface area contributed by atoms with Crippen LogP contribution in [-0.4, -0.2) is 53.6 Å². The molecule has 7 heteroatoms. The Morgan fingerprint density at radius 3 is 2.87 bits per heavy atom. The van der Waals surface area contributed by atoms with E-state index in [4.69, 9.17) is 4.74 Å². The van der Waals surface area contributed by atoms with Crippen molar-refractivity contribution >= 4 is 5.96 Å². The molecule has 1 aliphatic carbocycles. The molecule has 130 valence electrons. The van der Waals surface area contributed by atoms with Gasteiger partial charge in [-0.2, -0.15) is 0 Å². The lowest BCUT2D eigenvalue weighted by Gasteiger charge is -2.14. The lowest BCUT2D eigenvalue weighted by Crippen LogP contribution is -2.39. The third-order valence-corrected chi connectivity index (χ3v) is 4.15. The number of aromatic nitrogens is 3. The van der Waals surface area contributed by atoms with Crippen molar-refractivity contribution in [2.45, 2.75) is 58.1 Å². The Bertz CT molecular complexity index is 467. The molecule has 2 rings (SSSR count). The molecule has 1 aliphatic rings. The van der Waals surface area contributed by atoms with E-state index < -0.39 is 0 Å². The van der Waals surface area contributed by atoms with Crippen LogP contribution in [0.25, 0.3) is 0 Å². The molecule has 0 unspecified atom stereocenters. The van der Waals surface area contributed by atoms with Crippen molar-refractivity contribution in [1.29, 1.82) is 0 Å². The van der Waals surface area contributed by atoms with Gasteiger partial charge in [-0.3, -0.25) is 4.99 Å². The monoisotopic (exact) mass is 322 g/mol. The maximum absolute atomic E-state index is 5.86. The molecule has 23 heavy (non-hydrogen) atoms. The molecule has 0 atom stereocenters. The molecule has 0 bridgehead atoms. The van der Waals surface area contributed by atoms with Crippen LogP contribution >= 0.6 is 0 Å². The molecule has 1 aromatic rings. The number of nitrogens with zero attached hydrogens (tertiary/aromatic N) is 4. The van der Waals surface area contributed by atoms with E-state index in [0.29, 0.717) is 6.10 Å². The van der Waals surface area contributed by atoms with Gasteiger partial charge in [-0.15, -0.1) is 10.2 Å². The van der Waals surface area contributed by atoms with E-state index in [2.05, 4.69) is 37.3 Å². The van der Waals surface area contributed by atoms with Crippen molar-refractivity contribution in [2.24, 2.45) is 4.99 Å². The molecular weight excluding hydrogens is 292 g/mol. The fourth-order valence-electron chi connectivity index (χ4n) is 2.84. The summed E-state index contributed by atoms with van der Waals surface area (Å²) in [4.78, 5) is 4.24. The van der Waals surface area contributed by atoms with E-state index in [9.17, 15) is 0 Å². The molecule has 7 nitrogen and oxygen atoms in total. The van der Waals surface area contributed by atoms with Crippen LogP contribution in [0.2, 0.25) is 0 Å². The Morgan fingerprint density at radius 2 is 2.13 bits per heavy atom. The van der Waals surface area contributed by atoms with Gasteiger partial charge in [0.25, 0.3) is 0 Å². The van der Waals surface area contributed by atoms with Crippen LogP contribution < -0.4 is 10.6 Å². The summed E-state index contributed by atoms with van der Waals surface area (Å²) in [5.74, 6) is 1.84. The molecule has 1 fully saturated rings. The van der Waals surface area contributed by atoms with Crippen LogP contribution in [-0.2, 0) is 17.7 Å². The molecule has 0 saturated heterocycles. The highest BCUT2D eigenvalue weighted by molar-refractivity contribution is 5.79. The topological polar surface area (TPSA) is 76.4 Å². The fraction of sp³-hybridized carbons (Fsp3) is 0.812. The summed E-state index contributed by atoms with van der Waals surface area (Å²) in [6, 6.07) is 0. The summed E-state index contributed by atoms with van der Waals surface area (Å²) in [5.41, 5.74) is 0. The first-order valence-corrected chi connectivity index (χ1v) is 8.76. The molecule has 0 aliphatic heterocycles. The summed E-state index contributed by atoms with van der Waals surface area (Å²) in [6.45, 7) is 5.42. The SMILES string of the molecule is CCc1nncn1CCNC(=NC)NCCCOC1CCCC1. The average Bonchev–Trinajstić information content (AvgIpc) is 3.24. The maximum atomic E-state index is 5.86. The molecule has 1 heterocycles. The minimum absolute atomic E-state index is 0.504. The molecule has 0 aromatic carbocycles. The van der Waals surface area contributed by atoms with Crippen molar-refractivity contribution < 1.29 is 4.74 Å². The summed E-state index contributed by atoms with van der Waals surface area (Å²) >= 11 is 0. The van der Waals surface area contributed by atoms with Gasteiger partial charge in [-0.25, -0.2) is 0 Å². The second-order valence-corrected chi connectivity index (χ2v) is 5.85. The minimum atomic E-state index is 0.504. The third kappa shape index (κ3) is 6.17. The Balaban J connectivity index is 1.54. The molecule has 2 N–H and O–H groups in total. The lowest BCUT2D eigenvalue weighted by atomic mass is 10.3. The van der Waals surface area contributed by atoms with Gasteiger partial charge in [0.15, 0.2) is 5.96 Å². The molecule has 0 radical (unpaired) electrons. The first-order chi connectivity index (χ1) is 11.3. The van der Waals surface area contributed by atoms with Gasteiger partial charge in [0, 0.05) is 39.7 Å². The van der Waals surface area contributed by atoms with E-state index in [1.54, 1.807) is 13.4 Å². The second kappa shape index (κ2) is 10.2. The number of hydrogen-bond donors (Lipinski definition) is 2. The molecular formula is C16H30N6O. The Labute approximate surface area is 138 Å². The Morgan fingerprint density at radius 1 is 1.35 bits per heavy atom. The predicted octanol–water partition coefficient (Wildman–Crippen LogP) is 1.35. The number of nitrogens with one attached hydrogen (secondary N) is 2. The van der Waals surface area contributed by atoms with Crippen molar-refractivity contribution in [1.82, 2.24) is 25.4 Å². The predicted molar refractivity (Wildman–Crippen MR) is 91.6 cm³/mol. The van der Waals surface area contributed by atoms with E-state index >= 15 is 0 Å². The van der Waals surface area contributed by atoms with Gasteiger partial charge in [0.05, 0.1) is 6.10 Å². The Kier molecular flexibility index (Phi) is 7.86. The Hall–Kier alpha value is -1.63. The van der Waals surface area contributed by atoms with Gasteiger partial charge in [0.1, 0.15) is 12.2 Å². The van der Waals surface area contributed by atoms with Crippen LogP contribution in [0.3, 0.4) is 0 Å². The number of ether oxygens (including phenoxy) is 1. The van der Waals surface area contributed by atoms with Crippen LogP contribution in [0.4, 0.5) is 0 Å². The quantitative estimate of drug-likeness (QED) is 0.408. The maximum Gasteiger partial charge on any atom is 0.191 e. The molecule has 0 amide bonds. The summed E-state index contributed by atoms with van der Waals surface area (Å²) in [7, 11) is 1.79. The zero-order chi connectivity index (χ0) is 16.3.